The van der Waals surface area contributed by atoms with Gasteiger partial charge in [-0.25, -0.2) is 0 Å². The van der Waals surface area contributed by atoms with Gasteiger partial charge in [-0.05, 0) is 43.5 Å². The first-order valence-electron chi connectivity index (χ1n) is 8.02. The number of rotatable bonds is 5. The second-order valence-electron chi connectivity index (χ2n) is 6.39. The monoisotopic (exact) mass is 359 g/mol. The molecule has 2 N–H and O–H groups in total. The summed E-state index contributed by atoms with van der Waals surface area (Å²) in [6.07, 6.45) is 1.16. The van der Waals surface area contributed by atoms with E-state index in [-0.39, 0.29) is 36.6 Å². The Kier molecular flexibility index (Phi) is 8.17. The zero-order valence-electron chi connectivity index (χ0n) is 13.5. The number of hydrogen-bond donors (Lipinski definition) is 2. The Balaban J connectivity index is 0.00000132. The minimum atomic E-state index is 0. The van der Waals surface area contributed by atoms with Crippen molar-refractivity contribution in [2.45, 2.75) is 13.3 Å². The number of benzene rings is 1. The van der Waals surface area contributed by atoms with E-state index in [2.05, 4.69) is 39.8 Å². The number of nitrogens with one attached hydrogen (secondary N) is 2. The van der Waals surface area contributed by atoms with Crippen LogP contribution in [0, 0.1) is 17.8 Å². The second-order valence-corrected chi connectivity index (χ2v) is 6.39. The van der Waals surface area contributed by atoms with E-state index in [4.69, 9.17) is 0 Å². The van der Waals surface area contributed by atoms with E-state index in [0.717, 1.165) is 39.1 Å². The summed E-state index contributed by atoms with van der Waals surface area (Å²) in [6.45, 7) is 6.97. The van der Waals surface area contributed by atoms with E-state index in [9.17, 15) is 4.79 Å². The van der Waals surface area contributed by atoms with Crippen LogP contribution in [0.3, 0.4) is 0 Å². The van der Waals surface area contributed by atoms with Crippen molar-refractivity contribution in [3.8, 4) is 0 Å². The third-order valence-electron chi connectivity index (χ3n) is 4.91. The van der Waals surface area contributed by atoms with Gasteiger partial charge in [0.1, 0.15) is 0 Å². The number of para-hydroxylation sites is 1. The van der Waals surface area contributed by atoms with Crippen molar-refractivity contribution in [3.63, 3.8) is 0 Å². The minimum absolute atomic E-state index is 0. The molecular formula is C17H27Cl2N3O. The Morgan fingerprint density at radius 1 is 1.30 bits per heavy atom. The summed E-state index contributed by atoms with van der Waals surface area (Å²) < 4.78 is 0. The number of nitrogens with zero attached hydrogens (tertiary/aromatic N) is 1. The maximum Gasteiger partial charge on any atom is 0.223 e. The lowest BCUT2D eigenvalue weighted by Crippen LogP contribution is -2.50. The molecule has 0 aromatic heterocycles. The first kappa shape index (κ1) is 20.1. The molecule has 6 heteroatoms. The average Bonchev–Trinajstić information content (AvgIpc) is 2.92. The van der Waals surface area contributed by atoms with Gasteiger partial charge < -0.3 is 15.5 Å². The number of carbonyl (C=O) groups is 1. The van der Waals surface area contributed by atoms with Crippen molar-refractivity contribution in [1.82, 2.24) is 10.6 Å². The summed E-state index contributed by atoms with van der Waals surface area (Å²) in [5, 5.41) is 6.38. The minimum Gasteiger partial charge on any atom is -0.371 e. The second kappa shape index (κ2) is 9.36. The van der Waals surface area contributed by atoms with Crippen molar-refractivity contribution in [1.29, 1.82) is 0 Å². The van der Waals surface area contributed by atoms with E-state index in [1.165, 1.54) is 5.69 Å². The van der Waals surface area contributed by atoms with Gasteiger partial charge in [0, 0.05) is 31.2 Å². The fraction of sp³-hybridized carbons (Fsp3) is 0.588. The fourth-order valence-corrected chi connectivity index (χ4v) is 3.16. The van der Waals surface area contributed by atoms with Crippen LogP contribution in [-0.4, -0.2) is 38.6 Å². The lowest BCUT2D eigenvalue weighted by molar-refractivity contribution is -0.126. The van der Waals surface area contributed by atoms with Gasteiger partial charge in [-0.3, -0.25) is 4.79 Å². The molecule has 1 aromatic carbocycles. The number of hydrogen-bond acceptors (Lipinski definition) is 3. The lowest BCUT2D eigenvalue weighted by atomic mass is 9.88. The maximum absolute atomic E-state index is 12.1. The van der Waals surface area contributed by atoms with Crippen LogP contribution in [0.4, 0.5) is 5.69 Å². The standard InChI is InChI=1S/C17H25N3O.2ClH/c1-13(15-10-18-11-15)17(21)19-9-14-7-8-20(12-14)16-5-3-2-4-6-16;;/h2-6,13-15,18H,7-12H2,1H3,(H,19,21);2*1H. The van der Waals surface area contributed by atoms with Crippen LogP contribution in [0.5, 0.6) is 0 Å². The Morgan fingerprint density at radius 2 is 2.00 bits per heavy atom. The molecular weight excluding hydrogens is 333 g/mol. The molecule has 0 spiro atoms. The number of halogens is 2. The molecule has 2 aliphatic rings. The molecule has 2 saturated heterocycles. The highest BCUT2D eigenvalue weighted by Gasteiger charge is 2.29. The highest BCUT2D eigenvalue weighted by atomic mass is 35.5. The zero-order chi connectivity index (χ0) is 14.7. The van der Waals surface area contributed by atoms with Gasteiger partial charge in [-0.1, -0.05) is 25.1 Å². The Hall–Kier alpha value is -0.970. The fourth-order valence-electron chi connectivity index (χ4n) is 3.16. The van der Waals surface area contributed by atoms with Crippen molar-refractivity contribution in [2.75, 3.05) is 37.6 Å². The topological polar surface area (TPSA) is 44.4 Å². The van der Waals surface area contributed by atoms with Gasteiger partial charge >= 0.3 is 0 Å². The summed E-state index contributed by atoms with van der Waals surface area (Å²) in [5.74, 6) is 1.45. The summed E-state index contributed by atoms with van der Waals surface area (Å²) in [7, 11) is 0. The van der Waals surface area contributed by atoms with Crippen molar-refractivity contribution in [2.24, 2.45) is 17.8 Å². The van der Waals surface area contributed by atoms with E-state index >= 15 is 0 Å². The molecule has 0 radical (unpaired) electrons. The van der Waals surface area contributed by atoms with Gasteiger partial charge in [-0.15, -0.1) is 24.8 Å². The van der Waals surface area contributed by atoms with Crippen LogP contribution >= 0.6 is 24.8 Å². The maximum atomic E-state index is 12.1. The molecule has 4 nitrogen and oxygen atoms in total. The van der Waals surface area contributed by atoms with Crippen LogP contribution in [0.25, 0.3) is 0 Å². The summed E-state index contributed by atoms with van der Waals surface area (Å²) in [5.41, 5.74) is 1.29. The van der Waals surface area contributed by atoms with Gasteiger partial charge in [0.2, 0.25) is 5.91 Å². The van der Waals surface area contributed by atoms with Crippen LogP contribution in [0.1, 0.15) is 13.3 Å². The van der Waals surface area contributed by atoms with E-state index in [1.54, 1.807) is 0 Å². The Bertz CT molecular complexity index is 482. The van der Waals surface area contributed by atoms with Crippen LogP contribution in [0.2, 0.25) is 0 Å². The number of anilines is 1. The highest BCUT2D eigenvalue weighted by molar-refractivity contribution is 5.85. The van der Waals surface area contributed by atoms with Crippen molar-refractivity contribution >= 4 is 36.4 Å². The molecule has 0 aliphatic carbocycles. The molecule has 23 heavy (non-hydrogen) atoms. The lowest BCUT2D eigenvalue weighted by Gasteiger charge is -2.32. The molecule has 130 valence electrons. The molecule has 3 rings (SSSR count). The van der Waals surface area contributed by atoms with E-state index < -0.39 is 0 Å². The molecule has 1 amide bonds. The normalized spacial score (nSPS) is 21.6. The summed E-state index contributed by atoms with van der Waals surface area (Å²) in [6, 6.07) is 10.5. The van der Waals surface area contributed by atoms with Crippen molar-refractivity contribution in [3.05, 3.63) is 30.3 Å². The van der Waals surface area contributed by atoms with Gasteiger partial charge in [0.05, 0.1) is 0 Å². The Labute approximate surface area is 151 Å². The predicted molar refractivity (Wildman–Crippen MR) is 99.8 cm³/mol. The predicted octanol–water partition coefficient (Wildman–Crippen LogP) is 2.33. The quantitative estimate of drug-likeness (QED) is 0.847. The molecule has 2 unspecified atom stereocenters. The first-order chi connectivity index (χ1) is 10.2. The molecule has 1 aromatic rings. The number of amides is 1. The van der Waals surface area contributed by atoms with Gasteiger partial charge in [0.25, 0.3) is 0 Å². The highest BCUT2D eigenvalue weighted by Crippen LogP contribution is 2.23. The van der Waals surface area contributed by atoms with Crippen LogP contribution < -0.4 is 15.5 Å². The average molecular weight is 360 g/mol. The van der Waals surface area contributed by atoms with Gasteiger partial charge in [-0.2, -0.15) is 0 Å². The smallest absolute Gasteiger partial charge is 0.223 e. The van der Waals surface area contributed by atoms with E-state index in [0.29, 0.717) is 11.8 Å². The first-order valence-corrected chi connectivity index (χ1v) is 8.02. The summed E-state index contributed by atoms with van der Waals surface area (Å²) in [4.78, 5) is 14.5. The third kappa shape index (κ3) is 5.00. The Morgan fingerprint density at radius 3 is 2.61 bits per heavy atom. The van der Waals surface area contributed by atoms with Crippen molar-refractivity contribution < 1.29 is 4.79 Å². The number of carbonyl (C=O) groups excluding carboxylic acids is 1. The molecule has 2 aliphatic heterocycles. The van der Waals surface area contributed by atoms with Gasteiger partial charge in [0.15, 0.2) is 0 Å². The SMILES string of the molecule is CC(C(=O)NCC1CCN(c2ccccc2)C1)C1CNC1.Cl.Cl. The largest absolute Gasteiger partial charge is 0.371 e. The summed E-state index contributed by atoms with van der Waals surface area (Å²) >= 11 is 0. The molecule has 0 bridgehead atoms. The van der Waals surface area contributed by atoms with E-state index in [1.807, 2.05) is 13.0 Å². The third-order valence-corrected chi connectivity index (χ3v) is 4.91. The molecule has 2 atom stereocenters. The molecule has 2 fully saturated rings. The molecule has 2 heterocycles. The zero-order valence-corrected chi connectivity index (χ0v) is 15.2. The van der Waals surface area contributed by atoms with Crippen LogP contribution in [-0.2, 0) is 4.79 Å². The molecule has 0 saturated carbocycles. The van der Waals surface area contributed by atoms with Crippen LogP contribution in [0.15, 0.2) is 30.3 Å².